The summed E-state index contributed by atoms with van der Waals surface area (Å²) in [6.07, 6.45) is 6.28. The van der Waals surface area contributed by atoms with Crippen LogP contribution in [0.25, 0.3) is 15.9 Å². The van der Waals surface area contributed by atoms with E-state index in [0.717, 1.165) is 40.6 Å². The number of hydrogen-bond donors (Lipinski definition) is 0. The molecule has 1 aliphatic carbocycles. The van der Waals surface area contributed by atoms with Crippen LogP contribution in [0.1, 0.15) is 35.2 Å². The van der Waals surface area contributed by atoms with Gasteiger partial charge in [0.25, 0.3) is 0 Å². The Balaban J connectivity index is 1.49. The summed E-state index contributed by atoms with van der Waals surface area (Å²) in [5.74, 6) is 2.24. The molecule has 3 aromatic heterocycles. The van der Waals surface area contributed by atoms with Gasteiger partial charge in [-0.25, -0.2) is 4.98 Å². The third-order valence-corrected chi connectivity index (χ3v) is 6.39. The van der Waals surface area contributed by atoms with Crippen molar-refractivity contribution in [1.29, 1.82) is 0 Å². The summed E-state index contributed by atoms with van der Waals surface area (Å²) in [4.78, 5) is 7.22. The first kappa shape index (κ1) is 14.5. The Bertz CT molecular complexity index is 1150. The van der Waals surface area contributed by atoms with Gasteiger partial charge in [-0.1, -0.05) is 12.1 Å². The fourth-order valence-corrected chi connectivity index (χ4v) is 5.16. The topological polar surface area (TPSA) is 61.5 Å². The van der Waals surface area contributed by atoms with Crippen LogP contribution in [0.4, 0.5) is 0 Å². The molecule has 6 nitrogen and oxygen atoms in total. The summed E-state index contributed by atoms with van der Waals surface area (Å²) in [5, 5.41) is 10.1. The lowest BCUT2D eigenvalue weighted by Gasteiger charge is -2.25. The Morgan fingerprint density at radius 2 is 1.96 bits per heavy atom. The second-order valence-corrected chi connectivity index (χ2v) is 7.84. The van der Waals surface area contributed by atoms with Crippen molar-refractivity contribution in [3.8, 4) is 11.5 Å². The molecule has 0 bridgehead atoms. The molecule has 0 N–H and O–H groups in total. The van der Waals surface area contributed by atoms with Gasteiger partial charge in [-0.15, -0.1) is 21.5 Å². The molecular weight excluding hydrogens is 348 g/mol. The molecule has 0 saturated carbocycles. The summed E-state index contributed by atoms with van der Waals surface area (Å²) in [7, 11) is 0. The highest BCUT2D eigenvalue weighted by atomic mass is 32.1. The van der Waals surface area contributed by atoms with E-state index in [1.807, 2.05) is 35.0 Å². The van der Waals surface area contributed by atoms with Gasteiger partial charge >= 0.3 is 0 Å². The zero-order valence-electron chi connectivity index (χ0n) is 14.0. The number of aromatic nitrogens is 4. The summed E-state index contributed by atoms with van der Waals surface area (Å²) in [5.41, 5.74) is 2.30. The van der Waals surface area contributed by atoms with Crippen LogP contribution < -0.4 is 9.47 Å². The number of aryl methyl sites for hydroxylation is 2. The van der Waals surface area contributed by atoms with E-state index in [0.29, 0.717) is 6.61 Å². The third kappa shape index (κ3) is 2.00. The van der Waals surface area contributed by atoms with Crippen molar-refractivity contribution in [3.63, 3.8) is 0 Å². The first-order chi connectivity index (χ1) is 12.9. The molecule has 0 fully saturated rings. The maximum atomic E-state index is 6.12. The SMILES string of the molecule is c1ccc2c(c1)OCC(c1nnc3c4c5c(sc4ncn13)CCCC5)O2. The lowest BCUT2D eigenvalue weighted by Crippen LogP contribution is -2.23. The number of hydrogen-bond acceptors (Lipinski definition) is 6. The molecule has 0 radical (unpaired) electrons. The zero-order chi connectivity index (χ0) is 17.1. The maximum Gasteiger partial charge on any atom is 0.192 e. The Labute approximate surface area is 153 Å². The highest BCUT2D eigenvalue weighted by molar-refractivity contribution is 7.19. The largest absolute Gasteiger partial charge is 0.485 e. The van der Waals surface area contributed by atoms with Crippen molar-refractivity contribution < 1.29 is 9.47 Å². The van der Waals surface area contributed by atoms with Crippen molar-refractivity contribution >= 4 is 27.2 Å². The normalized spacial score (nSPS) is 19.0. The fraction of sp³-hybridized carbons (Fsp3) is 0.316. The summed E-state index contributed by atoms with van der Waals surface area (Å²) < 4.78 is 13.9. The molecule has 0 saturated heterocycles. The summed E-state index contributed by atoms with van der Waals surface area (Å²) in [6, 6.07) is 7.71. The lowest BCUT2D eigenvalue weighted by molar-refractivity contribution is 0.0843. The quantitative estimate of drug-likeness (QED) is 0.515. The van der Waals surface area contributed by atoms with Gasteiger partial charge in [-0.05, 0) is 43.4 Å². The van der Waals surface area contributed by atoms with Gasteiger partial charge in [0.1, 0.15) is 17.8 Å². The van der Waals surface area contributed by atoms with Crippen LogP contribution in [0.2, 0.25) is 0 Å². The molecule has 1 aromatic carbocycles. The molecule has 0 amide bonds. The number of rotatable bonds is 1. The standard InChI is InChI=1S/C19H16N4O2S/c1-4-8-15-11(5-1)16-18-22-21-17(23(18)10-20-19(16)26-15)14-9-24-12-6-2-3-7-13(12)25-14/h2-3,6-7,10,14H,1,4-5,8-9H2. The van der Waals surface area contributed by atoms with E-state index >= 15 is 0 Å². The minimum Gasteiger partial charge on any atom is -0.485 e. The van der Waals surface area contributed by atoms with Gasteiger partial charge in [0, 0.05) is 4.88 Å². The van der Waals surface area contributed by atoms with Crippen molar-refractivity contribution in [2.45, 2.75) is 31.8 Å². The van der Waals surface area contributed by atoms with Crippen LogP contribution in [-0.4, -0.2) is 26.2 Å². The second-order valence-electron chi connectivity index (χ2n) is 6.75. The molecule has 2 aliphatic rings. The minimum atomic E-state index is -0.298. The predicted molar refractivity (Wildman–Crippen MR) is 98.1 cm³/mol. The van der Waals surface area contributed by atoms with Gasteiger partial charge in [0.15, 0.2) is 29.1 Å². The average molecular weight is 364 g/mol. The van der Waals surface area contributed by atoms with Crippen LogP contribution in [0.3, 0.4) is 0 Å². The zero-order valence-corrected chi connectivity index (χ0v) is 14.8. The highest BCUT2D eigenvalue weighted by Crippen LogP contribution is 2.39. The van der Waals surface area contributed by atoms with E-state index in [-0.39, 0.29) is 6.10 Å². The lowest BCUT2D eigenvalue weighted by atomic mass is 9.97. The first-order valence-electron chi connectivity index (χ1n) is 8.91. The molecule has 1 unspecified atom stereocenters. The summed E-state index contributed by atoms with van der Waals surface area (Å²) in [6.45, 7) is 0.414. The van der Waals surface area contributed by atoms with Gasteiger partial charge in [-0.2, -0.15) is 0 Å². The van der Waals surface area contributed by atoms with Crippen LogP contribution in [-0.2, 0) is 12.8 Å². The Kier molecular flexibility index (Phi) is 3.02. The van der Waals surface area contributed by atoms with E-state index in [9.17, 15) is 0 Å². The van der Waals surface area contributed by atoms with E-state index in [4.69, 9.17) is 14.5 Å². The van der Waals surface area contributed by atoms with E-state index in [1.165, 1.54) is 28.7 Å². The molecule has 4 heterocycles. The molecule has 6 rings (SSSR count). The highest BCUT2D eigenvalue weighted by Gasteiger charge is 2.28. The van der Waals surface area contributed by atoms with E-state index in [1.54, 1.807) is 11.3 Å². The number of benzene rings is 1. The Hall–Kier alpha value is -2.67. The van der Waals surface area contributed by atoms with E-state index < -0.39 is 0 Å². The van der Waals surface area contributed by atoms with Crippen molar-refractivity contribution in [2.75, 3.05) is 6.61 Å². The molecule has 1 atom stereocenters. The molecule has 26 heavy (non-hydrogen) atoms. The molecular formula is C19H16N4O2S. The van der Waals surface area contributed by atoms with Crippen LogP contribution in [0, 0.1) is 0 Å². The van der Waals surface area contributed by atoms with Gasteiger partial charge in [-0.3, -0.25) is 4.40 Å². The molecule has 0 spiro atoms. The molecule has 7 heteroatoms. The molecule has 130 valence electrons. The number of ether oxygens (including phenoxy) is 2. The fourth-order valence-electron chi connectivity index (χ4n) is 3.94. The van der Waals surface area contributed by atoms with Crippen LogP contribution in [0.5, 0.6) is 11.5 Å². The number of thiophene rings is 1. The predicted octanol–water partition coefficient (Wildman–Crippen LogP) is 3.73. The van der Waals surface area contributed by atoms with E-state index in [2.05, 4.69) is 10.2 Å². The van der Waals surface area contributed by atoms with Crippen molar-refractivity contribution in [3.05, 3.63) is 46.9 Å². The number of para-hydroxylation sites is 2. The van der Waals surface area contributed by atoms with Crippen LogP contribution >= 0.6 is 11.3 Å². The minimum absolute atomic E-state index is 0.298. The number of fused-ring (bicyclic) bond motifs is 6. The van der Waals surface area contributed by atoms with Crippen LogP contribution in [0.15, 0.2) is 30.6 Å². The van der Waals surface area contributed by atoms with Gasteiger partial charge in [0.05, 0.1) is 5.39 Å². The third-order valence-electron chi connectivity index (χ3n) is 5.19. The summed E-state index contributed by atoms with van der Waals surface area (Å²) >= 11 is 1.80. The molecule has 4 aromatic rings. The Morgan fingerprint density at radius 1 is 1.08 bits per heavy atom. The smallest absolute Gasteiger partial charge is 0.192 e. The van der Waals surface area contributed by atoms with Gasteiger partial charge < -0.3 is 9.47 Å². The van der Waals surface area contributed by atoms with Crippen molar-refractivity contribution in [1.82, 2.24) is 19.6 Å². The monoisotopic (exact) mass is 364 g/mol. The maximum absolute atomic E-state index is 6.12. The number of nitrogens with zero attached hydrogens (tertiary/aromatic N) is 4. The second kappa shape index (κ2) is 5.41. The van der Waals surface area contributed by atoms with Gasteiger partial charge in [0.2, 0.25) is 0 Å². The van der Waals surface area contributed by atoms with Crippen molar-refractivity contribution in [2.24, 2.45) is 0 Å². The average Bonchev–Trinajstić information content (AvgIpc) is 3.28. The molecule has 1 aliphatic heterocycles. The first-order valence-corrected chi connectivity index (χ1v) is 9.72. The Morgan fingerprint density at radius 3 is 2.92 bits per heavy atom.